The number of nitrogens with zero attached hydrogens (tertiary/aromatic N) is 1. The Bertz CT molecular complexity index is 1070. The average molecular weight is 462 g/mol. The molecular formula is C26H27N3O5. The number of carbonyl (C=O) groups is 2. The van der Waals surface area contributed by atoms with Gasteiger partial charge in [-0.2, -0.15) is 5.10 Å². The highest BCUT2D eigenvalue weighted by atomic mass is 16.5. The number of carbonyl (C=O) groups excluding carboxylic acids is 2. The lowest BCUT2D eigenvalue weighted by molar-refractivity contribution is -0.123. The van der Waals surface area contributed by atoms with E-state index in [2.05, 4.69) is 15.8 Å². The molecule has 0 aliphatic carbocycles. The van der Waals surface area contributed by atoms with Crippen LogP contribution in [0.25, 0.3) is 0 Å². The van der Waals surface area contributed by atoms with Crippen molar-refractivity contribution in [3.63, 3.8) is 0 Å². The Morgan fingerprint density at radius 3 is 2.03 bits per heavy atom. The number of ether oxygens (including phenoxy) is 3. The van der Waals surface area contributed by atoms with Crippen molar-refractivity contribution in [2.75, 3.05) is 26.9 Å². The summed E-state index contributed by atoms with van der Waals surface area (Å²) >= 11 is 0. The molecule has 0 heterocycles. The van der Waals surface area contributed by atoms with Crippen LogP contribution < -0.4 is 25.0 Å². The zero-order chi connectivity index (χ0) is 24.0. The van der Waals surface area contributed by atoms with Crippen molar-refractivity contribution in [2.45, 2.75) is 6.42 Å². The fraction of sp³-hybridized carbons (Fsp3) is 0.192. The highest BCUT2D eigenvalue weighted by Crippen LogP contribution is 2.16. The van der Waals surface area contributed by atoms with Crippen molar-refractivity contribution in [1.29, 1.82) is 0 Å². The second-order valence-corrected chi connectivity index (χ2v) is 7.20. The van der Waals surface area contributed by atoms with Gasteiger partial charge in [0.1, 0.15) is 17.2 Å². The smallest absolute Gasteiger partial charge is 0.277 e. The van der Waals surface area contributed by atoms with Crippen LogP contribution in [-0.2, 0) is 16.0 Å². The van der Waals surface area contributed by atoms with E-state index in [1.807, 2.05) is 30.3 Å². The molecule has 3 aromatic carbocycles. The van der Waals surface area contributed by atoms with E-state index in [9.17, 15) is 9.59 Å². The van der Waals surface area contributed by atoms with E-state index in [0.717, 1.165) is 12.0 Å². The van der Waals surface area contributed by atoms with Gasteiger partial charge in [-0.3, -0.25) is 9.59 Å². The van der Waals surface area contributed by atoms with Crippen LogP contribution in [0.1, 0.15) is 11.1 Å². The number of nitrogens with one attached hydrogen (secondary N) is 2. The molecule has 0 saturated carbocycles. The molecule has 176 valence electrons. The predicted molar refractivity (Wildman–Crippen MR) is 129 cm³/mol. The van der Waals surface area contributed by atoms with Gasteiger partial charge in [0.05, 0.1) is 13.3 Å². The first-order valence-corrected chi connectivity index (χ1v) is 10.7. The summed E-state index contributed by atoms with van der Waals surface area (Å²) in [6.07, 6.45) is 2.27. The summed E-state index contributed by atoms with van der Waals surface area (Å²) in [6, 6.07) is 23.9. The molecule has 0 atom stereocenters. The third kappa shape index (κ3) is 8.66. The number of benzene rings is 3. The van der Waals surface area contributed by atoms with Gasteiger partial charge in [-0.15, -0.1) is 0 Å². The third-order valence-corrected chi connectivity index (χ3v) is 4.66. The average Bonchev–Trinajstić information content (AvgIpc) is 2.88. The molecular weight excluding hydrogens is 434 g/mol. The molecule has 2 N–H and O–H groups in total. The van der Waals surface area contributed by atoms with E-state index in [1.54, 1.807) is 55.6 Å². The molecule has 0 spiro atoms. The van der Waals surface area contributed by atoms with Crippen molar-refractivity contribution in [3.05, 3.63) is 90.0 Å². The lowest BCUT2D eigenvalue weighted by Crippen LogP contribution is -2.30. The highest BCUT2D eigenvalue weighted by Gasteiger charge is 2.04. The summed E-state index contributed by atoms with van der Waals surface area (Å²) in [5, 5.41) is 6.75. The van der Waals surface area contributed by atoms with E-state index in [-0.39, 0.29) is 25.0 Å². The minimum atomic E-state index is -0.384. The van der Waals surface area contributed by atoms with E-state index in [4.69, 9.17) is 14.2 Å². The molecule has 0 saturated heterocycles. The minimum absolute atomic E-state index is 0.0630. The van der Waals surface area contributed by atoms with Gasteiger partial charge in [0, 0.05) is 6.54 Å². The number of methoxy groups -OCH3 is 1. The van der Waals surface area contributed by atoms with Gasteiger partial charge < -0.3 is 19.5 Å². The maximum atomic E-state index is 11.9. The lowest BCUT2D eigenvalue weighted by atomic mass is 10.1. The molecule has 2 amide bonds. The van der Waals surface area contributed by atoms with Crippen LogP contribution in [0.4, 0.5) is 0 Å². The maximum absolute atomic E-state index is 11.9. The molecule has 8 heteroatoms. The topological polar surface area (TPSA) is 98.2 Å². The summed E-state index contributed by atoms with van der Waals surface area (Å²) in [4.78, 5) is 23.8. The van der Waals surface area contributed by atoms with Crippen molar-refractivity contribution in [2.24, 2.45) is 5.10 Å². The van der Waals surface area contributed by atoms with Crippen LogP contribution in [0, 0.1) is 0 Å². The summed E-state index contributed by atoms with van der Waals surface area (Å²) in [6.45, 7) is 0.328. The Morgan fingerprint density at radius 1 is 0.794 bits per heavy atom. The zero-order valence-corrected chi connectivity index (χ0v) is 18.9. The molecule has 3 aromatic rings. The molecule has 0 radical (unpaired) electrons. The Labute approximate surface area is 198 Å². The van der Waals surface area contributed by atoms with Gasteiger partial charge in [-0.25, -0.2) is 5.43 Å². The van der Waals surface area contributed by atoms with Crippen LogP contribution in [0.2, 0.25) is 0 Å². The quantitative estimate of drug-likeness (QED) is 0.319. The number of hydrazone groups is 1. The summed E-state index contributed by atoms with van der Waals surface area (Å²) < 4.78 is 16.0. The van der Waals surface area contributed by atoms with E-state index >= 15 is 0 Å². The normalized spacial score (nSPS) is 10.5. The third-order valence-electron chi connectivity index (χ3n) is 4.66. The van der Waals surface area contributed by atoms with Gasteiger partial charge in [0.2, 0.25) is 0 Å². The SMILES string of the molecule is COc1ccc(OCC(=O)N/N=C\c2ccc(OCC(=O)NCCc3ccccc3)cc2)cc1. The van der Waals surface area contributed by atoms with Crippen molar-refractivity contribution in [3.8, 4) is 17.2 Å². The Kier molecular flexibility index (Phi) is 9.49. The second kappa shape index (κ2) is 13.3. The van der Waals surface area contributed by atoms with Crippen molar-refractivity contribution in [1.82, 2.24) is 10.7 Å². The number of rotatable bonds is 12. The van der Waals surface area contributed by atoms with Crippen LogP contribution in [0.15, 0.2) is 84.0 Å². The molecule has 0 unspecified atom stereocenters. The maximum Gasteiger partial charge on any atom is 0.277 e. The Morgan fingerprint density at radius 2 is 1.38 bits per heavy atom. The first-order chi connectivity index (χ1) is 16.6. The van der Waals surface area contributed by atoms with Crippen molar-refractivity contribution >= 4 is 18.0 Å². The summed E-state index contributed by atoms with van der Waals surface area (Å²) in [5.74, 6) is 1.26. The van der Waals surface area contributed by atoms with Crippen LogP contribution in [0.3, 0.4) is 0 Å². The Hall–Kier alpha value is -4.33. The van der Waals surface area contributed by atoms with Crippen LogP contribution >= 0.6 is 0 Å². The van der Waals surface area contributed by atoms with E-state index < -0.39 is 0 Å². The van der Waals surface area contributed by atoms with E-state index in [0.29, 0.717) is 23.8 Å². The molecule has 0 aliphatic heterocycles. The van der Waals surface area contributed by atoms with Gasteiger partial charge in [-0.05, 0) is 66.1 Å². The molecule has 0 fully saturated rings. The highest BCUT2D eigenvalue weighted by molar-refractivity contribution is 5.83. The fourth-order valence-corrected chi connectivity index (χ4v) is 2.87. The molecule has 3 rings (SSSR count). The lowest BCUT2D eigenvalue weighted by Gasteiger charge is -2.08. The minimum Gasteiger partial charge on any atom is -0.497 e. The van der Waals surface area contributed by atoms with Gasteiger partial charge in [0.25, 0.3) is 11.8 Å². The number of hydrogen-bond donors (Lipinski definition) is 2. The van der Waals surface area contributed by atoms with Gasteiger partial charge in [-0.1, -0.05) is 30.3 Å². The molecule has 0 aromatic heterocycles. The first kappa shape index (κ1) is 24.3. The Balaban J connectivity index is 1.32. The molecule has 0 aliphatic rings. The standard InChI is InChI=1S/C26H27N3O5/c1-32-22-11-13-24(14-12-22)34-19-26(31)29-28-17-21-7-9-23(10-8-21)33-18-25(30)27-16-15-20-5-3-2-4-6-20/h2-14,17H,15-16,18-19H2,1H3,(H,27,30)(H,29,31)/b28-17-. The van der Waals surface area contributed by atoms with Crippen molar-refractivity contribution < 1.29 is 23.8 Å². The first-order valence-electron chi connectivity index (χ1n) is 10.7. The number of amides is 2. The van der Waals surface area contributed by atoms with E-state index in [1.165, 1.54) is 11.8 Å². The molecule has 0 bridgehead atoms. The molecule has 8 nitrogen and oxygen atoms in total. The van der Waals surface area contributed by atoms with Crippen LogP contribution in [0.5, 0.6) is 17.2 Å². The summed E-state index contributed by atoms with van der Waals surface area (Å²) in [7, 11) is 1.58. The summed E-state index contributed by atoms with van der Waals surface area (Å²) in [5.41, 5.74) is 4.34. The van der Waals surface area contributed by atoms with Gasteiger partial charge in [0.15, 0.2) is 13.2 Å². The van der Waals surface area contributed by atoms with Gasteiger partial charge >= 0.3 is 0 Å². The second-order valence-electron chi connectivity index (χ2n) is 7.20. The zero-order valence-electron chi connectivity index (χ0n) is 18.9. The number of hydrogen-bond acceptors (Lipinski definition) is 6. The predicted octanol–water partition coefficient (Wildman–Crippen LogP) is 2.96. The molecule has 34 heavy (non-hydrogen) atoms. The fourth-order valence-electron chi connectivity index (χ4n) is 2.87. The monoisotopic (exact) mass is 461 g/mol. The largest absolute Gasteiger partial charge is 0.497 e. The van der Waals surface area contributed by atoms with Crippen LogP contribution in [-0.4, -0.2) is 44.9 Å².